The maximum atomic E-state index is 5.69. The minimum absolute atomic E-state index is 0.551. The molecule has 1 saturated carbocycles. The summed E-state index contributed by atoms with van der Waals surface area (Å²) in [6.07, 6.45) is 14.4. The highest BCUT2D eigenvalue weighted by Crippen LogP contribution is 2.29. The van der Waals surface area contributed by atoms with E-state index in [4.69, 9.17) is 4.74 Å². The molecule has 0 aromatic rings. The van der Waals surface area contributed by atoms with Crippen molar-refractivity contribution in [3.05, 3.63) is 0 Å². The van der Waals surface area contributed by atoms with Gasteiger partial charge in [0.25, 0.3) is 0 Å². The van der Waals surface area contributed by atoms with Crippen molar-refractivity contribution in [3.8, 4) is 0 Å². The van der Waals surface area contributed by atoms with Crippen LogP contribution in [0, 0.1) is 5.92 Å². The van der Waals surface area contributed by atoms with Crippen molar-refractivity contribution in [1.82, 2.24) is 0 Å². The van der Waals surface area contributed by atoms with Crippen LogP contribution >= 0.6 is 0 Å². The lowest BCUT2D eigenvalue weighted by Crippen LogP contribution is -2.22. The summed E-state index contributed by atoms with van der Waals surface area (Å²) in [6.45, 7) is 2.27. The third-order valence-electron chi connectivity index (χ3n) is 3.82. The molecule has 1 heteroatoms. The zero-order chi connectivity index (χ0) is 10.9. The van der Waals surface area contributed by atoms with Crippen LogP contribution in [0.3, 0.4) is 0 Å². The summed E-state index contributed by atoms with van der Waals surface area (Å²) in [4.78, 5) is 0. The van der Waals surface area contributed by atoms with Crippen LogP contribution in [0.5, 0.6) is 0 Å². The molecule has 1 aliphatic rings. The Balaban J connectivity index is 2.27. The van der Waals surface area contributed by atoms with Crippen molar-refractivity contribution in [2.45, 2.75) is 77.2 Å². The van der Waals surface area contributed by atoms with Gasteiger partial charge >= 0.3 is 0 Å². The molecule has 90 valence electrons. The van der Waals surface area contributed by atoms with Crippen LogP contribution in [-0.4, -0.2) is 13.2 Å². The molecule has 0 N–H and O–H groups in total. The second kappa shape index (κ2) is 8.15. The second-order valence-corrected chi connectivity index (χ2v) is 5.02. The molecule has 1 aliphatic carbocycles. The first-order chi connectivity index (χ1) is 7.38. The smallest absolute Gasteiger partial charge is 0.0599 e. The summed E-state index contributed by atoms with van der Waals surface area (Å²) >= 11 is 0. The largest absolute Gasteiger partial charge is 0.381 e. The maximum Gasteiger partial charge on any atom is 0.0599 e. The lowest BCUT2D eigenvalue weighted by Gasteiger charge is -2.24. The SMILES string of the molecule is CCCCCC(OC)C1CCCCCC1. The number of hydrogen-bond acceptors (Lipinski definition) is 1. The van der Waals surface area contributed by atoms with Crippen molar-refractivity contribution in [2.75, 3.05) is 7.11 Å². The summed E-state index contributed by atoms with van der Waals surface area (Å²) in [5.74, 6) is 0.856. The number of methoxy groups -OCH3 is 1. The Morgan fingerprint density at radius 3 is 2.27 bits per heavy atom. The quantitative estimate of drug-likeness (QED) is 0.463. The summed E-state index contributed by atoms with van der Waals surface area (Å²) < 4.78 is 5.69. The molecule has 0 aromatic carbocycles. The van der Waals surface area contributed by atoms with Gasteiger partial charge in [-0.2, -0.15) is 0 Å². The van der Waals surface area contributed by atoms with Gasteiger partial charge in [0.2, 0.25) is 0 Å². The van der Waals surface area contributed by atoms with Gasteiger partial charge in [-0.15, -0.1) is 0 Å². The molecule has 1 unspecified atom stereocenters. The molecule has 15 heavy (non-hydrogen) atoms. The Morgan fingerprint density at radius 2 is 1.73 bits per heavy atom. The molecular weight excluding hydrogens is 184 g/mol. The topological polar surface area (TPSA) is 9.23 Å². The first-order valence-corrected chi connectivity index (χ1v) is 6.91. The molecular formula is C14H28O. The van der Waals surface area contributed by atoms with Crippen LogP contribution < -0.4 is 0 Å². The number of unbranched alkanes of at least 4 members (excludes halogenated alkanes) is 2. The fraction of sp³-hybridized carbons (Fsp3) is 1.00. The molecule has 0 heterocycles. The average molecular weight is 212 g/mol. The van der Waals surface area contributed by atoms with E-state index in [1.165, 1.54) is 64.2 Å². The van der Waals surface area contributed by atoms with Gasteiger partial charge in [-0.3, -0.25) is 0 Å². The van der Waals surface area contributed by atoms with E-state index in [-0.39, 0.29) is 0 Å². The zero-order valence-electron chi connectivity index (χ0n) is 10.6. The van der Waals surface area contributed by atoms with Crippen molar-refractivity contribution in [1.29, 1.82) is 0 Å². The molecule has 0 radical (unpaired) electrons. The molecule has 0 spiro atoms. The predicted octanol–water partition coefficient (Wildman–Crippen LogP) is 4.55. The van der Waals surface area contributed by atoms with Crippen LogP contribution in [0.2, 0.25) is 0 Å². The van der Waals surface area contributed by atoms with Crippen LogP contribution in [0.4, 0.5) is 0 Å². The standard InChI is InChI=1S/C14H28O/c1-3-4-7-12-14(15-2)13-10-8-5-6-9-11-13/h13-14H,3-12H2,1-2H3. The fourth-order valence-electron chi connectivity index (χ4n) is 2.82. The van der Waals surface area contributed by atoms with Crippen LogP contribution in [-0.2, 0) is 4.74 Å². The van der Waals surface area contributed by atoms with Gasteiger partial charge in [0.1, 0.15) is 0 Å². The van der Waals surface area contributed by atoms with Gasteiger partial charge in [-0.25, -0.2) is 0 Å². The van der Waals surface area contributed by atoms with E-state index >= 15 is 0 Å². The molecule has 0 amide bonds. The van der Waals surface area contributed by atoms with Crippen LogP contribution in [0.1, 0.15) is 71.1 Å². The summed E-state index contributed by atoms with van der Waals surface area (Å²) in [5, 5.41) is 0. The monoisotopic (exact) mass is 212 g/mol. The molecule has 1 atom stereocenters. The van der Waals surface area contributed by atoms with E-state index in [1.54, 1.807) is 0 Å². The highest BCUT2D eigenvalue weighted by Gasteiger charge is 2.21. The van der Waals surface area contributed by atoms with Crippen LogP contribution in [0.25, 0.3) is 0 Å². The van der Waals surface area contributed by atoms with E-state index in [0.717, 1.165) is 5.92 Å². The van der Waals surface area contributed by atoms with E-state index in [1.807, 2.05) is 7.11 Å². The Hall–Kier alpha value is -0.0400. The molecule has 1 nitrogen and oxygen atoms in total. The van der Waals surface area contributed by atoms with Gasteiger partial charge in [0, 0.05) is 7.11 Å². The van der Waals surface area contributed by atoms with Crippen molar-refractivity contribution in [2.24, 2.45) is 5.92 Å². The number of rotatable bonds is 6. The Kier molecular flexibility index (Phi) is 7.08. The molecule has 0 bridgehead atoms. The first-order valence-electron chi connectivity index (χ1n) is 6.91. The predicted molar refractivity (Wildman–Crippen MR) is 66.1 cm³/mol. The second-order valence-electron chi connectivity index (χ2n) is 5.02. The molecule has 0 aliphatic heterocycles. The summed E-state index contributed by atoms with van der Waals surface area (Å²) in [5.41, 5.74) is 0. The molecule has 0 aromatic heterocycles. The van der Waals surface area contributed by atoms with Gasteiger partial charge < -0.3 is 4.74 Å². The highest BCUT2D eigenvalue weighted by atomic mass is 16.5. The summed E-state index contributed by atoms with van der Waals surface area (Å²) in [7, 11) is 1.90. The van der Waals surface area contributed by atoms with Gasteiger partial charge in [-0.05, 0) is 25.2 Å². The van der Waals surface area contributed by atoms with Crippen molar-refractivity contribution < 1.29 is 4.74 Å². The fourth-order valence-corrected chi connectivity index (χ4v) is 2.82. The number of ether oxygens (including phenoxy) is 1. The van der Waals surface area contributed by atoms with Gasteiger partial charge in [0.05, 0.1) is 6.10 Å². The number of hydrogen-bond donors (Lipinski definition) is 0. The summed E-state index contributed by atoms with van der Waals surface area (Å²) in [6, 6.07) is 0. The Labute approximate surface area is 95.6 Å². The average Bonchev–Trinajstić information content (AvgIpc) is 2.53. The van der Waals surface area contributed by atoms with E-state index < -0.39 is 0 Å². The first kappa shape index (κ1) is 13.0. The third-order valence-corrected chi connectivity index (χ3v) is 3.82. The van der Waals surface area contributed by atoms with Crippen LogP contribution in [0.15, 0.2) is 0 Å². The molecule has 1 rings (SSSR count). The van der Waals surface area contributed by atoms with E-state index in [2.05, 4.69) is 6.92 Å². The minimum atomic E-state index is 0.551. The molecule has 0 saturated heterocycles. The van der Waals surface area contributed by atoms with E-state index in [0.29, 0.717) is 6.10 Å². The maximum absolute atomic E-state index is 5.69. The minimum Gasteiger partial charge on any atom is -0.381 e. The van der Waals surface area contributed by atoms with Gasteiger partial charge in [0.15, 0.2) is 0 Å². The third kappa shape index (κ3) is 5.01. The van der Waals surface area contributed by atoms with Gasteiger partial charge in [-0.1, -0.05) is 51.9 Å². The molecule has 1 fully saturated rings. The highest BCUT2D eigenvalue weighted by molar-refractivity contribution is 4.73. The lowest BCUT2D eigenvalue weighted by atomic mass is 9.90. The Morgan fingerprint density at radius 1 is 1.07 bits per heavy atom. The van der Waals surface area contributed by atoms with Crippen molar-refractivity contribution >= 4 is 0 Å². The van der Waals surface area contributed by atoms with E-state index in [9.17, 15) is 0 Å². The van der Waals surface area contributed by atoms with Crippen molar-refractivity contribution in [3.63, 3.8) is 0 Å². The Bertz CT molecular complexity index is 136. The lowest BCUT2D eigenvalue weighted by molar-refractivity contribution is 0.0373. The zero-order valence-corrected chi connectivity index (χ0v) is 10.6. The normalized spacial score (nSPS) is 21.2.